The van der Waals surface area contributed by atoms with Gasteiger partial charge in [-0.3, -0.25) is 9.59 Å². The van der Waals surface area contributed by atoms with Crippen molar-refractivity contribution in [3.8, 4) is 28.6 Å². The molecule has 0 saturated carbocycles. The van der Waals surface area contributed by atoms with E-state index in [0.717, 1.165) is 5.56 Å². The molecular weight excluding hydrogens is 394 g/mol. The molecular formula is C20H13N3O5S. The van der Waals surface area contributed by atoms with Crippen molar-refractivity contribution < 1.29 is 19.0 Å². The molecule has 0 radical (unpaired) electrons. The maximum atomic E-state index is 12.8. The first-order valence-corrected chi connectivity index (χ1v) is 9.49. The zero-order chi connectivity index (χ0) is 20.0. The van der Waals surface area contributed by atoms with Gasteiger partial charge in [0, 0.05) is 6.92 Å². The van der Waals surface area contributed by atoms with Gasteiger partial charge in [0.2, 0.25) is 11.8 Å². The summed E-state index contributed by atoms with van der Waals surface area (Å²) in [7, 11) is 0. The number of fused-ring (bicyclic) bond motifs is 2. The van der Waals surface area contributed by atoms with Crippen LogP contribution in [-0.2, 0) is 4.79 Å². The van der Waals surface area contributed by atoms with Crippen LogP contribution in [0.2, 0.25) is 0 Å². The summed E-state index contributed by atoms with van der Waals surface area (Å²) < 4.78 is 17.6. The van der Waals surface area contributed by atoms with E-state index in [9.17, 15) is 9.59 Å². The van der Waals surface area contributed by atoms with E-state index < -0.39 is 5.97 Å². The normalized spacial score (nSPS) is 13.2. The van der Waals surface area contributed by atoms with Crippen LogP contribution in [0.3, 0.4) is 0 Å². The minimum atomic E-state index is -0.441. The average molecular weight is 407 g/mol. The fourth-order valence-electron chi connectivity index (χ4n) is 3.00. The van der Waals surface area contributed by atoms with E-state index >= 15 is 0 Å². The molecule has 2 aromatic heterocycles. The highest BCUT2D eigenvalue weighted by Gasteiger charge is 2.17. The van der Waals surface area contributed by atoms with Gasteiger partial charge >= 0.3 is 5.97 Å². The molecule has 0 aliphatic carbocycles. The van der Waals surface area contributed by atoms with Gasteiger partial charge in [-0.25, -0.2) is 0 Å². The molecule has 0 unspecified atom stereocenters. The van der Waals surface area contributed by atoms with Crippen LogP contribution in [0.25, 0.3) is 22.4 Å². The highest BCUT2D eigenvalue weighted by molar-refractivity contribution is 7.15. The molecule has 0 spiro atoms. The number of thiazole rings is 1. The van der Waals surface area contributed by atoms with Gasteiger partial charge in [-0.2, -0.15) is 9.50 Å². The topological polar surface area (TPSA) is 92.0 Å². The maximum Gasteiger partial charge on any atom is 0.308 e. The lowest BCUT2D eigenvalue weighted by atomic mass is 10.2. The van der Waals surface area contributed by atoms with E-state index in [1.165, 1.54) is 22.8 Å². The van der Waals surface area contributed by atoms with Gasteiger partial charge < -0.3 is 14.2 Å². The molecule has 0 atom stereocenters. The molecule has 8 nitrogen and oxygen atoms in total. The molecule has 144 valence electrons. The van der Waals surface area contributed by atoms with Crippen molar-refractivity contribution in [2.24, 2.45) is 0 Å². The number of esters is 1. The van der Waals surface area contributed by atoms with Gasteiger partial charge in [-0.05, 0) is 35.9 Å². The van der Waals surface area contributed by atoms with Crippen LogP contribution in [0, 0.1) is 0 Å². The second-order valence-electron chi connectivity index (χ2n) is 6.25. The van der Waals surface area contributed by atoms with Crippen LogP contribution >= 0.6 is 11.3 Å². The van der Waals surface area contributed by atoms with E-state index in [2.05, 4.69) is 10.1 Å². The fourth-order valence-corrected chi connectivity index (χ4v) is 3.91. The van der Waals surface area contributed by atoms with Crippen molar-refractivity contribution in [3.63, 3.8) is 0 Å². The largest absolute Gasteiger partial charge is 0.454 e. The van der Waals surface area contributed by atoms with Crippen LogP contribution in [0.15, 0.2) is 47.3 Å². The minimum absolute atomic E-state index is 0.194. The molecule has 0 fully saturated rings. The zero-order valence-electron chi connectivity index (χ0n) is 15.1. The highest BCUT2D eigenvalue weighted by atomic mass is 32.1. The quantitative estimate of drug-likeness (QED) is 0.379. The van der Waals surface area contributed by atoms with Crippen molar-refractivity contribution in [1.82, 2.24) is 14.6 Å². The number of carbonyl (C=O) groups is 1. The van der Waals surface area contributed by atoms with E-state index in [-0.39, 0.29) is 12.4 Å². The van der Waals surface area contributed by atoms with Crippen LogP contribution in [0.1, 0.15) is 12.5 Å². The number of carbonyl (C=O) groups excluding carboxylic acids is 1. The fraction of sp³-hybridized carbons (Fsp3) is 0.100. The third kappa shape index (κ3) is 3.11. The highest BCUT2D eigenvalue weighted by Crippen LogP contribution is 2.32. The van der Waals surface area contributed by atoms with Crippen molar-refractivity contribution in [1.29, 1.82) is 0 Å². The summed E-state index contributed by atoms with van der Waals surface area (Å²) in [5.41, 5.74) is 1.09. The molecule has 1 aliphatic rings. The lowest BCUT2D eigenvalue weighted by Crippen LogP contribution is -2.23. The lowest BCUT2D eigenvalue weighted by Gasteiger charge is -2.04. The van der Waals surface area contributed by atoms with E-state index in [0.29, 0.717) is 38.1 Å². The number of hydrogen-bond donors (Lipinski definition) is 0. The standard InChI is InChI=1S/C20H13N3O5S/c1-11(24)28-14-5-3-2-4-13(14)18-21-20-23(22-18)19(25)17(29-20)9-12-6-7-15-16(8-12)27-10-26-15/h2-9H,10H2,1H3. The molecule has 0 N–H and O–H groups in total. The number of aromatic nitrogens is 3. The maximum absolute atomic E-state index is 12.8. The Balaban J connectivity index is 1.56. The smallest absolute Gasteiger partial charge is 0.308 e. The predicted molar refractivity (Wildman–Crippen MR) is 105 cm³/mol. The van der Waals surface area contributed by atoms with E-state index in [1.807, 2.05) is 12.1 Å². The summed E-state index contributed by atoms with van der Waals surface area (Å²) in [6.45, 7) is 1.52. The van der Waals surface area contributed by atoms with Crippen LogP contribution in [0.4, 0.5) is 0 Å². The Morgan fingerprint density at radius 2 is 2.03 bits per heavy atom. The predicted octanol–water partition coefficient (Wildman–Crippen LogP) is 2.02. The van der Waals surface area contributed by atoms with Crippen LogP contribution in [0.5, 0.6) is 17.2 Å². The van der Waals surface area contributed by atoms with Gasteiger partial charge in [0.05, 0.1) is 10.1 Å². The minimum Gasteiger partial charge on any atom is -0.454 e. The number of benzene rings is 2. The van der Waals surface area contributed by atoms with Gasteiger partial charge in [-0.1, -0.05) is 29.5 Å². The Morgan fingerprint density at radius 3 is 2.86 bits per heavy atom. The summed E-state index contributed by atoms with van der Waals surface area (Å²) in [6.07, 6.45) is 1.76. The summed E-state index contributed by atoms with van der Waals surface area (Å²) >= 11 is 1.23. The van der Waals surface area contributed by atoms with Gasteiger partial charge in [0.25, 0.3) is 5.56 Å². The molecule has 0 bridgehead atoms. The summed E-state index contributed by atoms with van der Waals surface area (Å²) in [5.74, 6) is 1.56. The Hall–Kier alpha value is -3.72. The third-order valence-electron chi connectivity index (χ3n) is 4.26. The van der Waals surface area contributed by atoms with Crippen molar-refractivity contribution >= 4 is 28.3 Å². The molecule has 1 aliphatic heterocycles. The Bertz CT molecular complexity index is 1370. The monoisotopic (exact) mass is 407 g/mol. The second-order valence-corrected chi connectivity index (χ2v) is 7.26. The molecule has 0 amide bonds. The molecule has 5 rings (SSSR count). The summed E-state index contributed by atoms with van der Waals surface area (Å²) in [6, 6.07) is 12.4. The number of ether oxygens (including phenoxy) is 3. The van der Waals surface area contributed by atoms with Gasteiger partial charge in [-0.15, -0.1) is 5.10 Å². The van der Waals surface area contributed by atoms with Crippen LogP contribution in [-0.4, -0.2) is 27.4 Å². The first-order valence-electron chi connectivity index (χ1n) is 8.67. The Kier molecular flexibility index (Phi) is 4.02. The summed E-state index contributed by atoms with van der Waals surface area (Å²) in [4.78, 5) is 29.0. The van der Waals surface area contributed by atoms with E-state index in [4.69, 9.17) is 14.2 Å². The number of para-hydroxylation sites is 1. The van der Waals surface area contributed by atoms with Gasteiger partial charge in [0.15, 0.2) is 17.3 Å². The Morgan fingerprint density at radius 1 is 1.21 bits per heavy atom. The van der Waals surface area contributed by atoms with Crippen molar-refractivity contribution in [2.45, 2.75) is 6.92 Å². The number of rotatable bonds is 3. The molecule has 0 saturated heterocycles. The third-order valence-corrected chi connectivity index (χ3v) is 5.22. The lowest BCUT2D eigenvalue weighted by molar-refractivity contribution is -0.131. The molecule has 3 heterocycles. The van der Waals surface area contributed by atoms with Crippen molar-refractivity contribution in [2.75, 3.05) is 6.79 Å². The zero-order valence-corrected chi connectivity index (χ0v) is 15.9. The second kappa shape index (κ2) is 6.71. The molecule has 4 aromatic rings. The number of hydrogen-bond acceptors (Lipinski definition) is 8. The van der Waals surface area contributed by atoms with Gasteiger partial charge in [0.1, 0.15) is 5.75 Å². The first kappa shape index (κ1) is 17.4. The molecule has 2 aromatic carbocycles. The first-order chi connectivity index (χ1) is 14.1. The van der Waals surface area contributed by atoms with E-state index in [1.54, 1.807) is 36.4 Å². The number of nitrogens with zero attached hydrogens (tertiary/aromatic N) is 3. The Labute approximate surface area is 167 Å². The summed E-state index contributed by atoms with van der Waals surface area (Å²) in [5, 5.41) is 4.32. The van der Waals surface area contributed by atoms with Crippen molar-refractivity contribution in [3.05, 3.63) is 62.9 Å². The van der Waals surface area contributed by atoms with Crippen LogP contribution < -0.4 is 24.3 Å². The SMILES string of the molecule is CC(=O)Oc1ccccc1-c1nc2sc(=Cc3ccc4c(c3)OCO4)c(=O)n2n1. The average Bonchev–Trinajstić information content (AvgIpc) is 3.39. The molecule has 29 heavy (non-hydrogen) atoms. The molecule has 9 heteroatoms.